The number of esters is 1. The van der Waals surface area contributed by atoms with E-state index in [1.54, 1.807) is 0 Å². The van der Waals surface area contributed by atoms with E-state index in [1.165, 1.54) is 0 Å². The molecule has 19 heavy (non-hydrogen) atoms. The molecular formula is C13H14F4O2. The van der Waals surface area contributed by atoms with E-state index in [9.17, 15) is 22.4 Å². The Hall–Kier alpha value is -1.59. The number of rotatable bonds is 4. The van der Waals surface area contributed by atoms with Gasteiger partial charge in [0.1, 0.15) is 5.82 Å². The molecular weight excluding hydrogens is 264 g/mol. The highest BCUT2D eigenvalue weighted by atomic mass is 19.4. The third-order valence-corrected chi connectivity index (χ3v) is 2.45. The Labute approximate surface area is 108 Å². The zero-order valence-electron chi connectivity index (χ0n) is 10.6. The molecule has 6 heteroatoms. The summed E-state index contributed by atoms with van der Waals surface area (Å²) < 4.78 is 55.7. The molecule has 0 aliphatic carbocycles. The summed E-state index contributed by atoms with van der Waals surface area (Å²) >= 11 is 0. The van der Waals surface area contributed by atoms with Gasteiger partial charge in [0.2, 0.25) is 0 Å². The number of hydrogen-bond acceptors (Lipinski definition) is 2. The van der Waals surface area contributed by atoms with Crippen LogP contribution < -0.4 is 0 Å². The van der Waals surface area contributed by atoms with Crippen LogP contribution in [0.2, 0.25) is 0 Å². The molecule has 0 saturated heterocycles. The minimum Gasteiger partial charge on any atom is -0.462 e. The quantitative estimate of drug-likeness (QED) is 0.613. The van der Waals surface area contributed by atoms with Gasteiger partial charge in [-0.25, -0.2) is 9.18 Å². The predicted molar refractivity (Wildman–Crippen MR) is 61.1 cm³/mol. The Morgan fingerprint density at radius 2 is 1.95 bits per heavy atom. The molecule has 0 heterocycles. The van der Waals surface area contributed by atoms with E-state index in [1.807, 2.05) is 13.8 Å². The molecule has 0 atom stereocenters. The second-order valence-electron chi connectivity index (χ2n) is 4.48. The van der Waals surface area contributed by atoms with Crippen molar-refractivity contribution in [1.82, 2.24) is 0 Å². The first-order chi connectivity index (χ1) is 8.73. The number of carbonyl (C=O) groups excluding carboxylic acids is 1. The van der Waals surface area contributed by atoms with Crippen LogP contribution in [0.3, 0.4) is 0 Å². The summed E-state index contributed by atoms with van der Waals surface area (Å²) in [7, 11) is 0. The van der Waals surface area contributed by atoms with Crippen molar-refractivity contribution >= 4 is 5.97 Å². The SMILES string of the molecule is CC(C)CCOC(=O)c1cccc(C(F)(F)F)c1F. The first-order valence-electron chi connectivity index (χ1n) is 5.76. The Bertz CT molecular complexity index is 452. The lowest BCUT2D eigenvalue weighted by molar-refractivity contribution is -0.140. The van der Waals surface area contributed by atoms with Crippen molar-refractivity contribution in [2.75, 3.05) is 6.61 Å². The van der Waals surface area contributed by atoms with Gasteiger partial charge in [-0.15, -0.1) is 0 Å². The van der Waals surface area contributed by atoms with Crippen LogP contribution in [0.25, 0.3) is 0 Å². The Morgan fingerprint density at radius 3 is 2.47 bits per heavy atom. The normalized spacial score (nSPS) is 11.7. The molecule has 1 aromatic rings. The van der Waals surface area contributed by atoms with Crippen molar-refractivity contribution in [1.29, 1.82) is 0 Å². The van der Waals surface area contributed by atoms with Gasteiger partial charge >= 0.3 is 12.1 Å². The van der Waals surface area contributed by atoms with Gasteiger partial charge in [0, 0.05) is 0 Å². The van der Waals surface area contributed by atoms with Gasteiger partial charge in [-0.2, -0.15) is 13.2 Å². The van der Waals surface area contributed by atoms with Crippen molar-refractivity contribution in [2.45, 2.75) is 26.4 Å². The largest absolute Gasteiger partial charge is 0.462 e. The molecule has 0 spiro atoms. The molecule has 0 aliphatic rings. The molecule has 0 aromatic heterocycles. The zero-order valence-corrected chi connectivity index (χ0v) is 10.6. The van der Waals surface area contributed by atoms with Crippen LogP contribution in [-0.2, 0) is 10.9 Å². The molecule has 0 radical (unpaired) electrons. The second kappa shape index (κ2) is 6.04. The molecule has 2 nitrogen and oxygen atoms in total. The van der Waals surface area contributed by atoms with E-state index in [0.717, 1.165) is 12.1 Å². The first-order valence-corrected chi connectivity index (χ1v) is 5.76. The van der Waals surface area contributed by atoms with Gasteiger partial charge in [0.15, 0.2) is 0 Å². The number of ether oxygens (including phenoxy) is 1. The lowest BCUT2D eigenvalue weighted by atomic mass is 10.1. The van der Waals surface area contributed by atoms with Crippen molar-refractivity contribution in [3.8, 4) is 0 Å². The van der Waals surface area contributed by atoms with Gasteiger partial charge in [-0.05, 0) is 24.5 Å². The maximum absolute atomic E-state index is 13.6. The number of carbonyl (C=O) groups is 1. The van der Waals surface area contributed by atoms with Crippen LogP contribution in [0.4, 0.5) is 17.6 Å². The van der Waals surface area contributed by atoms with Crippen LogP contribution in [0.1, 0.15) is 36.2 Å². The summed E-state index contributed by atoms with van der Waals surface area (Å²) in [4.78, 5) is 11.5. The fourth-order valence-corrected chi connectivity index (χ4v) is 1.37. The fourth-order valence-electron chi connectivity index (χ4n) is 1.37. The van der Waals surface area contributed by atoms with Crippen LogP contribution >= 0.6 is 0 Å². The Kier molecular flexibility index (Phi) is 4.91. The third kappa shape index (κ3) is 4.22. The van der Waals surface area contributed by atoms with E-state index in [2.05, 4.69) is 0 Å². The number of alkyl halides is 3. The first kappa shape index (κ1) is 15.5. The predicted octanol–water partition coefficient (Wildman–Crippen LogP) is 4.05. The maximum atomic E-state index is 13.6. The second-order valence-corrected chi connectivity index (χ2v) is 4.48. The summed E-state index contributed by atoms with van der Waals surface area (Å²) in [5, 5.41) is 0. The van der Waals surface area contributed by atoms with Crippen LogP contribution in [0.15, 0.2) is 18.2 Å². The molecule has 0 saturated carbocycles. The fraction of sp³-hybridized carbons (Fsp3) is 0.462. The highest BCUT2D eigenvalue weighted by Gasteiger charge is 2.35. The third-order valence-electron chi connectivity index (χ3n) is 2.45. The topological polar surface area (TPSA) is 26.3 Å². The smallest absolute Gasteiger partial charge is 0.419 e. The molecule has 0 N–H and O–H groups in total. The monoisotopic (exact) mass is 278 g/mol. The molecule has 0 amide bonds. The van der Waals surface area contributed by atoms with Gasteiger partial charge < -0.3 is 4.74 Å². The van der Waals surface area contributed by atoms with Crippen LogP contribution in [0, 0.1) is 11.7 Å². The summed E-state index contributed by atoms with van der Waals surface area (Å²) in [6.07, 6.45) is -4.27. The van der Waals surface area contributed by atoms with E-state index >= 15 is 0 Å². The molecule has 0 bridgehead atoms. The van der Waals surface area contributed by atoms with Gasteiger partial charge in [-0.3, -0.25) is 0 Å². The summed E-state index contributed by atoms with van der Waals surface area (Å²) in [6.45, 7) is 3.85. The molecule has 1 rings (SSSR count). The Morgan fingerprint density at radius 1 is 1.32 bits per heavy atom. The van der Waals surface area contributed by atoms with Crippen molar-refractivity contribution in [3.63, 3.8) is 0 Å². The van der Waals surface area contributed by atoms with E-state index in [0.29, 0.717) is 12.5 Å². The lowest BCUT2D eigenvalue weighted by Crippen LogP contribution is -2.15. The zero-order chi connectivity index (χ0) is 14.6. The van der Waals surface area contributed by atoms with Gasteiger partial charge in [0.25, 0.3) is 0 Å². The van der Waals surface area contributed by atoms with E-state index < -0.39 is 29.1 Å². The molecule has 0 aliphatic heterocycles. The molecule has 0 fully saturated rings. The highest BCUT2D eigenvalue weighted by molar-refractivity contribution is 5.90. The minimum absolute atomic E-state index is 0.0478. The highest BCUT2D eigenvalue weighted by Crippen LogP contribution is 2.32. The Balaban J connectivity index is 2.87. The van der Waals surface area contributed by atoms with Crippen LogP contribution in [0.5, 0.6) is 0 Å². The number of hydrogen-bond donors (Lipinski definition) is 0. The van der Waals surface area contributed by atoms with Crippen molar-refractivity contribution in [2.24, 2.45) is 5.92 Å². The van der Waals surface area contributed by atoms with Crippen LogP contribution in [-0.4, -0.2) is 12.6 Å². The average molecular weight is 278 g/mol. The molecule has 1 aromatic carbocycles. The number of halogens is 4. The average Bonchev–Trinajstić information content (AvgIpc) is 2.26. The van der Waals surface area contributed by atoms with Crippen molar-refractivity contribution < 1.29 is 27.1 Å². The minimum atomic E-state index is -4.84. The van der Waals surface area contributed by atoms with E-state index in [4.69, 9.17) is 4.74 Å². The maximum Gasteiger partial charge on any atom is 0.419 e. The summed E-state index contributed by atoms with van der Waals surface area (Å²) in [5.41, 5.74) is -2.16. The van der Waals surface area contributed by atoms with Gasteiger partial charge in [-0.1, -0.05) is 19.9 Å². The van der Waals surface area contributed by atoms with Gasteiger partial charge in [0.05, 0.1) is 17.7 Å². The standard InChI is InChI=1S/C13H14F4O2/c1-8(2)6-7-19-12(18)9-4-3-5-10(11(9)14)13(15,16)17/h3-5,8H,6-7H2,1-2H3. The number of benzene rings is 1. The van der Waals surface area contributed by atoms with Crippen molar-refractivity contribution in [3.05, 3.63) is 35.1 Å². The summed E-state index contributed by atoms with van der Waals surface area (Å²) in [5.74, 6) is -2.40. The molecule has 106 valence electrons. The summed E-state index contributed by atoms with van der Waals surface area (Å²) in [6, 6.07) is 2.54. The van der Waals surface area contributed by atoms with E-state index in [-0.39, 0.29) is 12.5 Å². The molecule has 0 unspecified atom stereocenters. The lowest BCUT2D eigenvalue weighted by Gasteiger charge is -2.11.